The van der Waals surface area contributed by atoms with E-state index in [4.69, 9.17) is 4.74 Å². The van der Waals surface area contributed by atoms with Crippen molar-refractivity contribution >= 4 is 20.0 Å². The molecule has 0 radical (unpaired) electrons. The van der Waals surface area contributed by atoms with Crippen LogP contribution in [-0.4, -0.2) is 31.7 Å². The molecule has 17 heavy (non-hydrogen) atoms. The average Bonchev–Trinajstić information content (AvgIpc) is 2.11. The van der Waals surface area contributed by atoms with Crippen LogP contribution < -0.4 is 0 Å². The number of carboxylic acids is 1. The first-order valence-corrected chi connectivity index (χ1v) is 9.69. The first-order chi connectivity index (χ1) is 7.58. The van der Waals surface area contributed by atoms with E-state index >= 15 is 0 Å². The molecule has 0 aromatic carbocycles. The maximum atomic E-state index is 12.0. The maximum Gasteiger partial charge on any atom is 0.323 e. The number of ether oxygens (including phenoxy) is 1. The maximum absolute atomic E-state index is 12.0. The van der Waals surface area contributed by atoms with Crippen LogP contribution in [0.3, 0.4) is 0 Å². The zero-order valence-corrected chi connectivity index (χ0v) is 12.7. The van der Waals surface area contributed by atoms with Gasteiger partial charge in [-0.2, -0.15) is 0 Å². The first-order valence-electron chi connectivity index (χ1n) is 5.98. The molecule has 0 aromatic heterocycles. The highest BCUT2D eigenvalue weighted by molar-refractivity contribution is 6.76. The molecule has 5 heteroatoms. The Bertz CT molecular complexity index is 293. The van der Waals surface area contributed by atoms with Crippen LogP contribution in [-0.2, 0) is 14.3 Å². The van der Waals surface area contributed by atoms with Crippen LogP contribution >= 0.6 is 0 Å². The van der Waals surface area contributed by atoms with Gasteiger partial charge in [-0.05, 0) is 18.9 Å². The number of hydrogen-bond donors (Lipinski definition) is 1. The summed E-state index contributed by atoms with van der Waals surface area (Å²) in [5.74, 6) is -1.93. The number of esters is 1. The standard InChI is InChI=1S/C12H24O4Si/c1-7-16-11(15)12(9(2)3,10(13)14)8-17(4,5)6/h9H,7-8H2,1-6H3,(H,13,14). The largest absolute Gasteiger partial charge is 0.480 e. The van der Waals surface area contributed by atoms with Crippen LogP contribution in [0.25, 0.3) is 0 Å². The Labute approximate surface area is 104 Å². The molecule has 0 aliphatic carbocycles. The smallest absolute Gasteiger partial charge is 0.323 e. The van der Waals surface area contributed by atoms with Gasteiger partial charge in [0.1, 0.15) is 0 Å². The Hall–Kier alpha value is -0.843. The van der Waals surface area contributed by atoms with E-state index in [0.717, 1.165) is 0 Å². The molecule has 0 heterocycles. The van der Waals surface area contributed by atoms with Crippen molar-refractivity contribution in [3.8, 4) is 0 Å². The number of carbonyl (C=O) groups is 2. The van der Waals surface area contributed by atoms with E-state index in [1.165, 1.54) is 0 Å². The van der Waals surface area contributed by atoms with Gasteiger partial charge in [-0.3, -0.25) is 9.59 Å². The number of rotatable bonds is 6. The molecule has 0 amide bonds. The van der Waals surface area contributed by atoms with Gasteiger partial charge in [0, 0.05) is 8.07 Å². The van der Waals surface area contributed by atoms with Gasteiger partial charge < -0.3 is 9.84 Å². The quantitative estimate of drug-likeness (QED) is 0.453. The fraction of sp³-hybridized carbons (Fsp3) is 0.833. The minimum atomic E-state index is -1.69. The molecule has 0 rings (SSSR count). The monoisotopic (exact) mass is 260 g/mol. The summed E-state index contributed by atoms with van der Waals surface area (Å²) in [6, 6.07) is 0.409. The van der Waals surface area contributed by atoms with E-state index in [9.17, 15) is 14.7 Å². The molecule has 0 saturated carbocycles. The summed E-state index contributed by atoms with van der Waals surface area (Å²) in [5.41, 5.74) is -1.39. The third-order valence-electron chi connectivity index (χ3n) is 2.82. The lowest BCUT2D eigenvalue weighted by molar-refractivity contribution is -0.170. The lowest BCUT2D eigenvalue weighted by atomic mass is 9.79. The molecule has 1 N–H and O–H groups in total. The predicted molar refractivity (Wildman–Crippen MR) is 69.7 cm³/mol. The Morgan fingerprint density at radius 1 is 1.29 bits per heavy atom. The third kappa shape index (κ3) is 3.83. The van der Waals surface area contributed by atoms with Gasteiger partial charge in [0.2, 0.25) is 0 Å². The number of carbonyl (C=O) groups excluding carboxylic acids is 1. The fourth-order valence-electron chi connectivity index (χ4n) is 2.02. The molecule has 0 aliphatic rings. The Morgan fingerprint density at radius 2 is 1.76 bits per heavy atom. The van der Waals surface area contributed by atoms with Crippen LogP contribution in [0.15, 0.2) is 0 Å². The summed E-state index contributed by atoms with van der Waals surface area (Å²) in [6.45, 7) is 11.6. The van der Waals surface area contributed by atoms with Crippen LogP contribution in [0.4, 0.5) is 0 Å². The minimum absolute atomic E-state index is 0.215. The normalized spacial score (nSPS) is 15.5. The van der Waals surface area contributed by atoms with Crippen molar-refractivity contribution < 1.29 is 19.4 Å². The van der Waals surface area contributed by atoms with E-state index in [1.54, 1.807) is 20.8 Å². The molecule has 0 fully saturated rings. The first kappa shape index (κ1) is 16.2. The van der Waals surface area contributed by atoms with Crippen molar-refractivity contribution in [3.63, 3.8) is 0 Å². The summed E-state index contributed by atoms with van der Waals surface area (Å²) < 4.78 is 4.98. The highest BCUT2D eigenvalue weighted by atomic mass is 28.3. The molecular weight excluding hydrogens is 236 g/mol. The SMILES string of the molecule is CCOC(=O)C(C[Si](C)(C)C)(C(=O)O)C(C)C. The summed E-state index contributed by atoms with van der Waals surface area (Å²) in [6.07, 6.45) is 0. The number of carboxylic acid groups (broad SMARTS) is 1. The zero-order chi connectivity index (χ0) is 13.9. The van der Waals surface area contributed by atoms with Crippen molar-refractivity contribution in [1.29, 1.82) is 0 Å². The number of hydrogen-bond acceptors (Lipinski definition) is 3. The molecule has 0 aliphatic heterocycles. The van der Waals surface area contributed by atoms with Crippen LogP contribution in [0.5, 0.6) is 0 Å². The number of aliphatic carboxylic acids is 1. The van der Waals surface area contributed by atoms with Gasteiger partial charge >= 0.3 is 11.9 Å². The van der Waals surface area contributed by atoms with Gasteiger partial charge in [0.05, 0.1) is 6.61 Å². The van der Waals surface area contributed by atoms with Gasteiger partial charge in [-0.15, -0.1) is 0 Å². The summed E-state index contributed by atoms with van der Waals surface area (Å²) in [4.78, 5) is 23.6. The van der Waals surface area contributed by atoms with Crippen LogP contribution in [0, 0.1) is 11.3 Å². The third-order valence-corrected chi connectivity index (χ3v) is 4.43. The second kappa shape index (κ2) is 5.66. The molecule has 100 valence electrons. The van der Waals surface area contributed by atoms with E-state index in [-0.39, 0.29) is 12.5 Å². The van der Waals surface area contributed by atoms with Crippen LogP contribution in [0.1, 0.15) is 20.8 Å². The van der Waals surface area contributed by atoms with E-state index in [0.29, 0.717) is 6.04 Å². The average molecular weight is 260 g/mol. The highest BCUT2D eigenvalue weighted by Crippen LogP contribution is 2.38. The van der Waals surface area contributed by atoms with Crippen molar-refractivity contribution in [2.24, 2.45) is 11.3 Å². The topological polar surface area (TPSA) is 63.6 Å². The van der Waals surface area contributed by atoms with Crippen molar-refractivity contribution in [2.75, 3.05) is 6.61 Å². The fourth-order valence-corrected chi connectivity index (χ4v) is 4.40. The molecule has 1 atom stereocenters. The van der Waals surface area contributed by atoms with Gasteiger partial charge in [-0.1, -0.05) is 33.5 Å². The second-order valence-electron chi connectivity index (χ2n) is 5.89. The zero-order valence-electron chi connectivity index (χ0n) is 11.7. The lowest BCUT2D eigenvalue weighted by Crippen LogP contribution is -2.49. The Balaban J connectivity index is 5.44. The molecule has 0 spiro atoms. The lowest BCUT2D eigenvalue weighted by Gasteiger charge is -2.35. The molecule has 0 aromatic rings. The van der Waals surface area contributed by atoms with E-state index in [1.807, 2.05) is 0 Å². The Morgan fingerprint density at radius 3 is 2.00 bits per heavy atom. The highest BCUT2D eigenvalue weighted by Gasteiger charge is 2.52. The summed E-state index contributed by atoms with van der Waals surface area (Å²) in [5, 5.41) is 9.48. The van der Waals surface area contributed by atoms with Gasteiger partial charge in [0.25, 0.3) is 0 Å². The van der Waals surface area contributed by atoms with Gasteiger partial charge in [0.15, 0.2) is 5.41 Å². The van der Waals surface area contributed by atoms with E-state index < -0.39 is 25.4 Å². The Kier molecular flexibility index (Phi) is 5.38. The predicted octanol–water partition coefficient (Wildman–Crippen LogP) is 2.61. The molecule has 0 saturated heterocycles. The molecule has 1 unspecified atom stereocenters. The summed E-state index contributed by atoms with van der Waals surface area (Å²) in [7, 11) is -1.69. The minimum Gasteiger partial charge on any atom is -0.480 e. The molecular formula is C12H24O4Si. The van der Waals surface area contributed by atoms with Crippen molar-refractivity contribution in [1.82, 2.24) is 0 Å². The second-order valence-corrected chi connectivity index (χ2v) is 11.4. The van der Waals surface area contributed by atoms with Crippen molar-refractivity contribution in [3.05, 3.63) is 0 Å². The van der Waals surface area contributed by atoms with E-state index in [2.05, 4.69) is 19.6 Å². The van der Waals surface area contributed by atoms with Crippen molar-refractivity contribution in [2.45, 2.75) is 46.5 Å². The van der Waals surface area contributed by atoms with Crippen LogP contribution in [0.2, 0.25) is 25.7 Å². The molecule has 4 nitrogen and oxygen atoms in total. The molecule has 0 bridgehead atoms. The van der Waals surface area contributed by atoms with Gasteiger partial charge in [-0.25, -0.2) is 0 Å². The summed E-state index contributed by atoms with van der Waals surface area (Å²) >= 11 is 0.